The number of methoxy groups -OCH3 is 1. The third-order valence-corrected chi connectivity index (χ3v) is 7.78. The average molecular weight is 583 g/mol. The van der Waals surface area contributed by atoms with E-state index in [1.54, 1.807) is 6.07 Å². The average Bonchev–Trinajstić information content (AvgIpc) is 3.39. The van der Waals surface area contributed by atoms with Crippen LogP contribution in [0.15, 0.2) is 58.6 Å². The highest BCUT2D eigenvalue weighted by atomic mass is 79.9. The number of nitrogens with zero attached hydrogens (tertiary/aromatic N) is 2. The van der Waals surface area contributed by atoms with Crippen molar-refractivity contribution in [3.63, 3.8) is 0 Å². The molecule has 1 fully saturated rings. The van der Waals surface area contributed by atoms with E-state index in [0.29, 0.717) is 11.1 Å². The number of phenols is 1. The van der Waals surface area contributed by atoms with Crippen LogP contribution in [0.25, 0.3) is 16.0 Å². The molecule has 0 saturated carbocycles. The monoisotopic (exact) mass is 582 g/mol. The molecular formula is C27H20BrFN2O5S. The van der Waals surface area contributed by atoms with Crippen molar-refractivity contribution < 1.29 is 28.9 Å². The third-order valence-electron chi connectivity index (χ3n) is 6.17. The van der Waals surface area contributed by atoms with E-state index in [1.165, 1.54) is 41.5 Å². The van der Waals surface area contributed by atoms with Gasteiger partial charge in [0.25, 0.3) is 5.78 Å². The fraction of sp³-hybridized carbons (Fsp3) is 0.148. The number of aromatic nitrogens is 1. The van der Waals surface area contributed by atoms with Crippen LogP contribution in [0.3, 0.4) is 0 Å². The summed E-state index contributed by atoms with van der Waals surface area (Å²) in [7, 11) is 1.37. The first-order chi connectivity index (χ1) is 17.6. The van der Waals surface area contributed by atoms with Crippen molar-refractivity contribution in [2.24, 2.45) is 0 Å². The van der Waals surface area contributed by atoms with E-state index >= 15 is 0 Å². The summed E-state index contributed by atoms with van der Waals surface area (Å²) in [5.41, 5.74) is 3.02. The standard InChI is InChI=1S/C27H20BrFN2O5S/c1-12-8-13(2)21-19(9-12)37-27(30-21)31-22(15-10-17(28)24(33)18(11-15)36-3)20(25(34)26(31)35)23(32)14-4-6-16(29)7-5-14/h4-11,22,32-33H,1-3H3/b23-20+. The maximum atomic E-state index is 13.5. The summed E-state index contributed by atoms with van der Waals surface area (Å²) in [5.74, 6) is -2.81. The summed E-state index contributed by atoms with van der Waals surface area (Å²) in [6, 6.07) is 10.8. The minimum absolute atomic E-state index is 0.104. The summed E-state index contributed by atoms with van der Waals surface area (Å²) >= 11 is 4.55. The second-order valence-corrected chi connectivity index (χ2v) is 10.5. The molecule has 10 heteroatoms. The number of thiazole rings is 1. The van der Waals surface area contributed by atoms with Crippen LogP contribution in [-0.4, -0.2) is 34.0 Å². The van der Waals surface area contributed by atoms with E-state index < -0.39 is 29.3 Å². The molecule has 1 aromatic heterocycles. The Balaban J connectivity index is 1.78. The van der Waals surface area contributed by atoms with Crippen LogP contribution >= 0.6 is 27.3 Å². The molecule has 188 valence electrons. The van der Waals surface area contributed by atoms with Gasteiger partial charge in [0.1, 0.15) is 11.6 Å². The lowest BCUT2D eigenvalue weighted by Crippen LogP contribution is -2.29. The molecule has 1 aliphatic rings. The zero-order chi connectivity index (χ0) is 26.6. The second-order valence-electron chi connectivity index (χ2n) is 8.65. The first-order valence-electron chi connectivity index (χ1n) is 11.1. The van der Waals surface area contributed by atoms with Gasteiger partial charge >= 0.3 is 5.91 Å². The summed E-state index contributed by atoms with van der Waals surface area (Å²) in [5, 5.41) is 21.8. The number of aliphatic hydroxyl groups is 1. The number of benzene rings is 3. The molecule has 1 saturated heterocycles. The van der Waals surface area contributed by atoms with Crippen molar-refractivity contribution in [2.45, 2.75) is 19.9 Å². The van der Waals surface area contributed by atoms with Crippen molar-refractivity contribution >= 4 is 60.1 Å². The number of aromatic hydroxyl groups is 1. The Bertz CT molecular complexity index is 1630. The predicted octanol–water partition coefficient (Wildman–Crippen LogP) is 6.16. The van der Waals surface area contributed by atoms with Crippen LogP contribution in [0.2, 0.25) is 0 Å². The molecule has 2 N–H and O–H groups in total. The van der Waals surface area contributed by atoms with Crippen molar-refractivity contribution in [1.29, 1.82) is 0 Å². The van der Waals surface area contributed by atoms with Crippen molar-refractivity contribution in [3.05, 3.63) is 86.6 Å². The number of fused-ring (bicyclic) bond motifs is 1. The van der Waals surface area contributed by atoms with Crippen molar-refractivity contribution in [2.75, 3.05) is 12.0 Å². The fourth-order valence-corrected chi connectivity index (χ4v) is 6.11. The van der Waals surface area contributed by atoms with Gasteiger partial charge in [-0.2, -0.15) is 0 Å². The number of ether oxygens (including phenoxy) is 1. The zero-order valence-corrected chi connectivity index (χ0v) is 22.3. The predicted molar refractivity (Wildman–Crippen MR) is 143 cm³/mol. The van der Waals surface area contributed by atoms with Crippen LogP contribution in [0.4, 0.5) is 9.52 Å². The quantitative estimate of drug-likeness (QED) is 0.170. The fourth-order valence-electron chi connectivity index (χ4n) is 4.48. The van der Waals surface area contributed by atoms with Gasteiger partial charge in [0, 0.05) is 5.56 Å². The highest BCUT2D eigenvalue weighted by molar-refractivity contribution is 9.10. The Kier molecular flexibility index (Phi) is 6.25. The molecule has 3 aromatic carbocycles. The molecule has 0 aliphatic carbocycles. The third kappa shape index (κ3) is 4.15. The molecule has 1 aliphatic heterocycles. The van der Waals surface area contributed by atoms with Crippen LogP contribution < -0.4 is 9.64 Å². The minimum atomic E-state index is -1.10. The number of phenolic OH excluding ortho intramolecular Hbond substituents is 1. The van der Waals surface area contributed by atoms with Gasteiger partial charge in [-0.15, -0.1) is 0 Å². The normalized spacial score (nSPS) is 17.1. The number of halogens is 2. The number of carbonyl (C=O) groups is 2. The molecule has 5 rings (SSSR count). The first-order valence-corrected chi connectivity index (χ1v) is 12.7. The Hall–Kier alpha value is -3.76. The lowest BCUT2D eigenvalue weighted by Gasteiger charge is -2.24. The molecule has 7 nitrogen and oxygen atoms in total. The SMILES string of the molecule is COc1cc(C2/C(=C(\O)c3ccc(F)cc3)C(=O)C(=O)N2c2nc3c(C)cc(C)cc3s2)cc(Br)c1O. The topological polar surface area (TPSA) is 100.0 Å². The van der Waals surface area contributed by atoms with Gasteiger partial charge in [-0.25, -0.2) is 9.37 Å². The number of amides is 1. The Morgan fingerprint density at radius 2 is 1.84 bits per heavy atom. The molecule has 0 radical (unpaired) electrons. The Labute approximate surface area is 223 Å². The minimum Gasteiger partial charge on any atom is -0.507 e. The summed E-state index contributed by atoms with van der Waals surface area (Å²) < 4.78 is 19.9. The maximum absolute atomic E-state index is 13.5. The van der Waals surface area contributed by atoms with Gasteiger partial charge in [0.2, 0.25) is 0 Å². The van der Waals surface area contributed by atoms with Gasteiger partial charge in [0.05, 0.1) is 33.4 Å². The van der Waals surface area contributed by atoms with Gasteiger partial charge in [-0.05, 0) is 88.9 Å². The highest BCUT2D eigenvalue weighted by Gasteiger charge is 2.48. The van der Waals surface area contributed by atoms with Crippen LogP contribution in [0.1, 0.15) is 28.3 Å². The number of aryl methyl sites for hydroxylation is 2. The molecule has 4 aromatic rings. The molecule has 1 amide bonds. The summed E-state index contributed by atoms with van der Waals surface area (Å²) in [6.45, 7) is 3.88. The Morgan fingerprint density at radius 1 is 1.14 bits per heavy atom. The maximum Gasteiger partial charge on any atom is 0.301 e. The van der Waals surface area contributed by atoms with Crippen LogP contribution in [-0.2, 0) is 9.59 Å². The van der Waals surface area contributed by atoms with E-state index in [-0.39, 0.29) is 32.2 Å². The molecule has 1 unspecified atom stereocenters. The summed E-state index contributed by atoms with van der Waals surface area (Å²) in [6.07, 6.45) is 0. The van der Waals surface area contributed by atoms with E-state index in [4.69, 9.17) is 4.74 Å². The molecule has 0 spiro atoms. The largest absolute Gasteiger partial charge is 0.507 e. The second kappa shape index (κ2) is 9.28. The smallest absolute Gasteiger partial charge is 0.301 e. The van der Waals surface area contributed by atoms with E-state index in [9.17, 15) is 24.2 Å². The number of hydrogen-bond donors (Lipinski definition) is 2. The number of rotatable bonds is 4. The van der Waals surface area contributed by atoms with Crippen LogP contribution in [0.5, 0.6) is 11.5 Å². The number of aliphatic hydroxyl groups excluding tert-OH is 1. The van der Waals surface area contributed by atoms with Gasteiger partial charge in [0.15, 0.2) is 16.6 Å². The first kappa shape index (κ1) is 24.9. The van der Waals surface area contributed by atoms with Gasteiger partial charge in [-0.1, -0.05) is 17.4 Å². The number of ketones is 1. The number of anilines is 1. The molecule has 2 heterocycles. The van der Waals surface area contributed by atoms with Gasteiger partial charge < -0.3 is 14.9 Å². The lowest BCUT2D eigenvalue weighted by molar-refractivity contribution is -0.132. The molecule has 1 atom stereocenters. The van der Waals surface area contributed by atoms with E-state index in [1.807, 2.05) is 26.0 Å². The molecular weight excluding hydrogens is 563 g/mol. The number of Topliss-reactive ketones (excluding diaryl/α,β-unsaturated/α-hetero) is 1. The van der Waals surface area contributed by atoms with Crippen molar-refractivity contribution in [3.8, 4) is 11.5 Å². The Morgan fingerprint density at radius 3 is 2.51 bits per heavy atom. The van der Waals surface area contributed by atoms with E-state index in [2.05, 4.69) is 20.9 Å². The molecule has 37 heavy (non-hydrogen) atoms. The number of carbonyl (C=O) groups excluding carboxylic acids is 2. The summed E-state index contributed by atoms with van der Waals surface area (Å²) in [4.78, 5) is 32.8. The van der Waals surface area contributed by atoms with Crippen LogP contribution in [0, 0.1) is 19.7 Å². The van der Waals surface area contributed by atoms with Gasteiger partial charge in [-0.3, -0.25) is 14.5 Å². The highest BCUT2D eigenvalue weighted by Crippen LogP contribution is 2.47. The molecule has 0 bridgehead atoms. The van der Waals surface area contributed by atoms with Crippen molar-refractivity contribution in [1.82, 2.24) is 4.98 Å². The van der Waals surface area contributed by atoms with E-state index in [0.717, 1.165) is 28.0 Å². The zero-order valence-electron chi connectivity index (χ0n) is 19.9. The number of hydrogen-bond acceptors (Lipinski definition) is 7. The lowest BCUT2D eigenvalue weighted by atomic mass is 9.95.